The van der Waals surface area contributed by atoms with Gasteiger partial charge < -0.3 is 29.3 Å². The van der Waals surface area contributed by atoms with E-state index in [2.05, 4.69) is 15.1 Å². The molecule has 0 aliphatic carbocycles. The van der Waals surface area contributed by atoms with Gasteiger partial charge in [0.1, 0.15) is 24.1 Å². The maximum absolute atomic E-state index is 10.5. The van der Waals surface area contributed by atoms with Crippen molar-refractivity contribution in [2.75, 3.05) is 14.2 Å². The first-order valence-corrected chi connectivity index (χ1v) is 8.74. The molecule has 1 fully saturated rings. The molecule has 0 aromatic carbocycles. The van der Waals surface area contributed by atoms with Gasteiger partial charge in [0.25, 0.3) is 0 Å². The fourth-order valence-electron chi connectivity index (χ4n) is 3.17. The molecule has 0 amide bonds. The Kier molecular flexibility index (Phi) is 6.53. The van der Waals surface area contributed by atoms with Crippen LogP contribution in [0.5, 0.6) is 5.75 Å². The van der Waals surface area contributed by atoms with Gasteiger partial charge in [0.15, 0.2) is 0 Å². The monoisotopic (exact) mass is 389 g/mol. The molecule has 2 aromatic rings. The highest BCUT2D eigenvalue weighted by Crippen LogP contribution is 2.29. The van der Waals surface area contributed by atoms with E-state index in [1.165, 1.54) is 20.4 Å². The SMILES string of the molecule is CO[C@@H]1[C@@H](O)[C@@H](OC)[C@H](Oc2cc(/C=N/O)nc(-c3ccccn3)c2)O[C@H]1C. The Balaban J connectivity index is 1.91. The number of aliphatic hydroxyl groups is 1. The van der Waals surface area contributed by atoms with Crippen molar-refractivity contribution in [3.8, 4) is 17.1 Å². The van der Waals surface area contributed by atoms with Crippen molar-refractivity contribution in [1.29, 1.82) is 0 Å². The Hall–Kier alpha value is -2.59. The first-order chi connectivity index (χ1) is 13.6. The van der Waals surface area contributed by atoms with Crippen molar-refractivity contribution in [3.05, 3.63) is 42.2 Å². The van der Waals surface area contributed by atoms with E-state index in [1.54, 1.807) is 37.4 Å². The summed E-state index contributed by atoms with van der Waals surface area (Å²) in [5.74, 6) is 0.396. The number of nitrogens with zero attached hydrogens (tertiary/aromatic N) is 3. The third kappa shape index (κ3) is 4.28. The molecule has 1 aliphatic rings. The van der Waals surface area contributed by atoms with Crippen LogP contribution in [0.1, 0.15) is 12.6 Å². The van der Waals surface area contributed by atoms with Crippen LogP contribution in [0.2, 0.25) is 0 Å². The maximum Gasteiger partial charge on any atom is 0.229 e. The van der Waals surface area contributed by atoms with Gasteiger partial charge in [-0.1, -0.05) is 11.2 Å². The van der Waals surface area contributed by atoms with Gasteiger partial charge in [-0.05, 0) is 19.1 Å². The minimum atomic E-state index is -0.931. The van der Waals surface area contributed by atoms with Gasteiger partial charge >= 0.3 is 0 Å². The lowest BCUT2D eigenvalue weighted by atomic mass is 9.99. The number of rotatable bonds is 6. The molecule has 150 valence electrons. The Morgan fingerprint density at radius 2 is 1.93 bits per heavy atom. The second-order valence-electron chi connectivity index (χ2n) is 6.29. The zero-order valence-corrected chi connectivity index (χ0v) is 15.8. The molecule has 0 saturated carbocycles. The average molecular weight is 389 g/mol. The summed E-state index contributed by atoms with van der Waals surface area (Å²) < 4.78 is 22.5. The van der Waals surface area contributed by atoms with Crippen LogP contribution in [-0.4, -0.2) is 71.4 Å². The summed E-state index contributed by atoms with van der Waals surface area (Å²) in [6.45, 7) is 1.79. The zero-order valence-electron chi connectivity index (χ0n) is 15.8. The van der Waals surface area contributed by atoms with Crippen LogP contribution >= 0.6 is 0 Å². The van der Waals surface area contributed by atoms with E-state index in [-0.39, 0.29) is 0 Å². The number of methoxy groups -OCH3 is 2. The van der Waals surface area contributed by atoms with Crippen molar-refractivity contribution in [3.63, 3.8) is 0 Å². The second kappa shape index (κ2) is 9.07. The van der Waals surface area contributed by atoms with Crippen molar-refractivity contribution in [1.82, 2.24) is 9.97 Å². The maximum atomic E-state index is 10.5. The fraction of sp³-hybridized carbons (Fsp3) is 0.421. The summed E-state index contributed by atoms with van der Waals surface area (Å²) in [6, 6.07) is 8.71. The van der Waals surface area contributed by atoms with Crippen molar-refractivity contribution in [2.24, 2.45) is 5.16 Å². The Bertz CT molecular complexity index is 804. The zero-order chi connectivity index (χ0) is 20.1. The van der Waals surface area contributed by atoms with Crippen molar-refractivity contribution >= 4 is 6.21 Å². The van der Waals surface area contributed by atoms with Crippen LogP contribution in [0.25, 0.3) is 11.4 Å². The standard InChI is InChI=1S/C19H23N3O6/c1-11-17(25-2)16(23)18(26-3)19(27-11)28-13-8-12(10-21-24)22-15(9-13)14-6-4-5-7-20-14/h4-11,16-19,23-24H,1-3H3/b21-10+/t11-,16+,17-,18+,19-/m0/s1. The molecule has 0 bridgehead atoms. The first kappa shape index (κ1) is 20.2. The van der Waals surface area contributed by atoms with Crippen LogP contribution in [0, 0.1) is 0 Å². The molecule has 9 nitrogen and oxygen atoms in total. The minimum Gasteiger partial charge on any atom is -0.462 e. The van der Waals surface area contributed by atoms with Gasteiger partial charge in [0.05, 0.1) is 29.4 Å². The summed E-state index contributed by atoms with van der Waals surface area (Å²) >= 11 is 0. The summed E-state index contributed by atoms with van der Waals surface area (Å²) in [5, 5.41) is 22.4. The summed E-state index contributed by atoms with van der Waals surface area (Å²) in [6.07, 6.45) is -0.678. The van der Waals surface area contributed by atoms with Gasteiger partial charge in [-0.3, -0.25) is 4.98 Å². The van der Waals surface area contributed by atoms with Gasteiger partial charge in [0, 0.05) is 32.5 Å². The molecule has 2 N–H and O–H groups in total. The Labute approximate surface area is 162 Å². The highest BCUT2D eigenvalue weighted by molar-refractivity contribution is 5.78. The van der Waals surface area contributed by atoms with E-state index in [0.717, 1.165) is 0 Å². The Morgan fingerprint density at radius 3 is 2.57 bits per heavy atom. The fourth-order valence-corrected chi connectivity index (χ4v) is 3.17. The largest absolute Gasteiger partial charge is 0.462 e. The predicted molar refractivity (Wildman–Crippen MR) is 99.4 cm³/mol. The van der Waals surface area contributed by atoms with E-state index >= 15 is 0 Å². The lowest BCUT2D eigenvalue weighted by Gasteiger charge is -2.42. The van der Waals surface area contributed by atoms with Crippen LogP contribution in [0.3, 0.4) is 0 Å². The molecule has 3 rings (SSSR count). The normalized spacial score (nSPS) is 27.8. The lowest BCUT2D eigenvalue weighted by molar-refractivity contribution is -0.278. The molecule has 1 saturated heterocycles. The highest BCUT2D eigenvalue weighted by atomic mass is 16.7. The van der Waals surface area contributed by atoms with Crippen molar-refractivity contribution < 1.29 is 29.3 Å². The van der Waals surface area contributed by atoms with Gasteiger partial charge in [-0.15, -0.1) is 0 Å². The predicted octanol–water partition coefficient (Wildman–Crippen LogP) is 1.47. The van der Waals surface area contributed by atoms with E-state index in [4.69, 9.17) is 24.2 Å². The molecule has 0 spiro atoms. The van der Waals surface area contributed by atoms with Gasteiger partial charge in [-0.2, -0.15) is 0 Å². The van der Waals surface area contributed by atoms with Crippen LogP contribution in [0.4, 0.5) is 0 Å². The number of hydrogen-bond acceptors (Lipinski definition) is 9. The topological polar surface area (TPSA) is 116 Å². The minimum absolute atomic E-state index is 0.369. The molecule has 5 atom stereocenters. The number of hydrogen-bond donors (Lipinski definition) is 2. The summed E-state index contributed by atoms with van der Waals surface area (Å²) in [4.78, 5) is 8.66. The van der Waals surface area contributed by atoms with E-state index in [0.29, 0.717) is 22.8 Å². The molecule has 1 aliphatic heterocycles. The summed E-state index contributed by atoms with van der Waals surface area (Å²) in [5.41, 5.74) is 1.52. The number of oxime groups is 1. The van der Waals surface area contributed by atoms with E-state index in [1.807, 2.05) is 6.07 Å². The van der Waals surface area contributed by atoms with Crippen LogP contribution in [0.15, 0.2) is 41.7 Å². The van der Waals surface area contributed by atoms with Gasteiger partial charge in [0.2, 0.25) is 6.29 Å². The molecule has 9 heteroatoms. The molecular formula is C19H23N3O6. The molecule has 3 heterocycles. The summed E-state index contributed by atoms with van der Waals surface area (Å²) in [7, 11) is 2.97. The van der Waals surface area contributed by atoms with Crippen molar-refractivity contribution in [2.45, 2.75) is 37.6 Å². The molecular weight excluding hydrogens is 366 g/mol. The molecule has 0 radical (unpaired) electrons. The second-order valence-corrected chi connectivity index (χ2v) is 6.29. The molecule has 0 unspecified atom stereocenters. The molecule has 28 heavy (non-hydrogen) atoms. The Morgan fingerprint density at radius 1 is 1.14 bits per heavy atom. The van der Waals surface area contributed by atoms with Gasteiger partial charge in [-0.25, -0.2) is 4.98 Å². The first-order valence-electron chi connectivity index (χ1n) is 8.74. The number of pyridine rings is 2. The third-order valence-corrected chi connectivity index (χ3v) is 4.49. The molecule has 2 aromatic heterocycles. The highest BCUT2D eigenvalue weighted by Gasteiger charge is 2.45. The van der Waals surface area contributed by atoms with E-state index < -0.39 is 30.7 Å². The smallest absolute Gasteiger partial charge is 0.229 e. The van der Waals surface area contributed by atoms with Crippen LogP contribution < -0.4 is 4.74 Å². The number of ether oxygens (including phenoxy) is 4. The average Bonchev–Trinajstić information content (AvgIpc) is 2.69. The third-order valence-electron chi connectivity index (χ3n) is 4.49. The van der Waals surface area contributed by atoms with E-state index in [9.17, 15) is 5.11 Å². The number of aliphatic hydroxyl groups excluding tert-OH is 1. The quantitative estimate of drug-likeness (QED) is 0.433. The van der Waals surface area contributed by atoms with Crippen LogP contribution in [-0.2, 0) is 14.2 Å². The number of aromatic nitrogens is 2. The lowest BCUT2D eigenvalue weighted by Crippen LogP contribution is -2.59.